The van der Waals surface area contributed by atoms with Gasteiger partial charge in [-0.3, -0.25) is 14.8 Å². The van der Waals surface area contributed by atoms with Crippen molar-refractivity contribution >= 4 is 29.1 Å². The Morgan fingerprint density at radius 3 is 2.92 bits per heavy atom. The van der Waals surface area contributed by atoms with Crippen LogP contribution < -0.4 is 4.74 Å². The Morgan fingerprint density at radius 1 is 1.42 bits per heavy atom. The second-order valence-electron chi connectivity index (χ2n) is 5.39. The van der Waals surface area contributed by atoms with Crippen molar-refractivity contribution in [2.75, 3.05) is 0 Å². The van der Waals surface area contributed by atoms with Crippen LogP contribution in [0.5, 0.6) is 5.75 Å². The Morgan fingerprint density at radius 2 is 2.23 bits per heavy atom. The first-order chi connectivity index (χ1) is 12.4. The van der Waals surface area contributed by atoms with Gasteiger partial charge in [0.15, 0.2) is 17.1 Å². The molecule has 9 nitrogen and oxygen atoms in total. The summed E-state index contributed by atoms with van der Waals surface area (Å²) < 4.78 is 9.15. The highest BCUT2D eigenvalue weighted by molar-refractivity contribution is 7.98. The molecule has 136 valence electrons. The van der Waals surface area contributed by atoms with Crippen LogP contribution in [-0.2, 0) is 12.9 Å². The number of ether oxygens (including phenoxy) is 1. The van der Waals surface area contributed by atoms with E-state index in [9.17, 15) is 10.1 Å². The van der Waals surface area contributed by atoms with Crippen LogP contribution in [0, 0.1) is 10.1 Å². The van der Waals surface area contributed by atoms with E-state index >= 15 is 0 Å². The minimum atomic E-state index is -0.483. The number of rotatable bonds is 7. The lowest BCUT2D eigenvalue weighted by Crippen LogP contribution is -2.10. The number of thioether (sulfide) groups is 1. The minimum Gasteiger partial charge on any atom is -0.483 e. The van der Waals surface area contributed by atoms with Crippen molar-refractivity contribution in [3.8, 4) is 5.75 Å². The molecule has 26 heavy (non-hydrogen) atoms. The molecule has 0 bridgehead atoms. The Kier molecular flexibility index (Phi) is 5.43. The van der Waals surface area contributed by atoms with Crippen molar-refractivity contribution in [3.05, 3.63) is 57.6 Å². The van der Waals surface area contributed by atoms with Gasteiger partial charge >= 0.3 is 5.69 Å². The van der Waals surface area contributed by atoms with Crippen molar-refractivity contribution in [2.45, 2.75) is 24.1 Å². The fraction of sp³-hybridized carbons (Fsp3) is 0.267. The van der Waals surface area contributed by atoms with Crippen molar-refractivity contribution in [3.63, 3.8) is 0 Å². The topological polar surface area (TPSA) is 101 Å². The molecule has 3 rings (SSSR count). The number of nitro groups is 1. The third-order valence-electron chi connectivity index (χ3n) is 3.50. The first kappa shape index (κ1) is 18.2. The fourth-order valence-electron chi connectivity index (χ4n) is 2.24. The summed E-state index contributed by atoms with van der Waals surface area (Å²) in [7, 11) is 1.83. The van der Waals surface area contributed by atoms with Gasteiger partial charge in [-0.05, 0) is 25.1 Å². The Labute approximate surface area is 158 Å². The number of aromatic nitrogens is 5. The van der Waals surface area contributed by atoms with Crippen molar-refractivity contribution in [1.82, 2.24) is 24.5 Å². The summed E-state index contributed by atoms with van der Waals surface area (Å²) in [6.07, 6.45) is 2.25. The number of benzene rings is 1. The van der Waals surface area contributed by atoms with Gasteiger partial charge < -0.3 is 9.30 Å². The molecule has 0 aliphatic carbocycles. The zero-order valence-electron chi connectivity index (χ0n) is 13.9. The fourth-order valence-corrected chi connectivity index (χ4v) is 3.20. The molecule has 2 aromatic heterocycles. The molecule has 0 saturated heterocycles. The lowest BCUT2D eigenvalue weighted by Gasteiger charge is -2.14. The Hall–Kier alpha value is -2.59. The third kappa shape index (κ3) is 4.14. The number of hydrogen-bond donors (Lipinski definition) is 0. The number of nitrogens with zero attached hydrogens (tertiary/aromatic N) is 6. The first-order valence-corrected chi connectivity index (χ1v) is 8.91. The quantitative estimate of drug-likeness (QED) is 0.343. The molecule has 0 fully saturated rings. The molecule has 2 heterocycles. The zero-order chi connectivity index (χ0) is 18.7. The van der Waals surface area contributed by atoms with Crippen LogP contribution in [0.25, 0.3) is 0 Å². The number of halogens is 1. The predicted octanol–water partition coefficient (Wildman–Crippen LogP) is 3.46. The average molecular weight is 395 g/mol. The highest BCUT2D eigenvalue weighted by atomic mass is 35.5. The molecular weight excluding hydrogens is 380 g/mol. The predicted molar refractivity (Wildman–Crippen MR) is 96.2 cm³/mol. The summed E-state index contributed by atoms with van der Waals surface area (Å²) in [5, 5.41) is 24.2. The summed E-state index contributed by atoms with van der Waals surface area (Å²) in [5.74, 6) is 1.67. The van der Waals surface area contributed by atoms with Crippen LogP contribution >= 0.6 is 23.4 Å². The van der Waals surface area contributed by atoms with E-state index in [0.29, 0.717) is 27.6 Å². The van der Waals surface area contributed by atoms with Crippen molar-refractivity contribution in [1.29, 1.82) is 0 Å². The molecule has 0 aliphatic rings. The maximum absolute atomic E-state index is 10.7. The van der Waals surface area contributed by atoms with Crippen LogP contribution in [0.15, 0.2) is 41.8 Å². The van der Waals surface area contributed by atoms with E-state index in [1.165, 1.54) is 28.8 Å². The molecule has 0 radical (unpaired) electrons. The Bertz CT molecular complexity index is 928. The van der Waals surface area contributed by atoms with Gasteiger partial charge in [0.1, 0.15) is 18.1 Å². The standard InChI is InChI=1S/C15H15ClN6O3S/c1-10(25-13-5-3-4-11(16)6-13)14-18-19-15(20(14)2)26-9-21-8-12(7-17-21)22(23)24/h3-8,10H,9H2,1-2H3. The molecular formula is C15H15ClN6O3S. The second-order valence-corrected chi connectivity index (χ2v) is 6.73. The molecule has 0 N–H and O–H groups in total. The molecule has 1 aromatic carbocycles. The SMILES string of the molecule is CC(Oc1cccc(Cl)c1)c1nnc(SCn2cc([N+](=O)[O-])cn2)n1C. The molecule has 3 aromatic rings. The van der Waals surface area contributed by atoms with E-state index in [0.717, 1.165) is 0 Å². The monoisotopic (exact) mass is 394 g/mol. The van der Waals surface area contributed by atoms with Crippen LogP contribution in [0.1, 0.15) is 18.9 Å². The van der Waals surface area contributed by atoms with Gasteiger partial charge in [0.25, 0.3) is 0 Å². The maximum Gasteiger partial charge on any atom is 0.307 e. The van der Waals surface area contributed by atoms with Crippen LogP contribution in [-0.4, -0.2) is 29.5 Å². The normalized spacial score (nSPS) is 12.1. The summed E-state index contributed by atoms with van der Waals surface area (Å²) in [4.78, 5) is 10.2. The molecule has 0 saturated carbocycles. The van der Waals surface area contributed by atoms with Gasteiger partial charge in [-0.15, -0.1) is 10.2 Å². The van der Waals surface area contributed by atoms with Gasteiger partial charge in [0.2, 0.25) is 0 Å². The smallest absolute Gasteiger partial charge is 0.307 e. The van der Waals surface area contributed by atoms with Gasteiger partial charge in [0.05, 0.1) is 10.8 Å². The van der Waals surface area contributed by atoms with E-state index < -0.39 is 4.92 Å². The lowest BCUT2D eigenvalue weighted by molar-refractivity contribution is -0.385. The van der Waals surface area contributed by atoms with Gasteiger partial charge in [0, 0.05) is 12.1 Å². The largest absolute Gasteiger partial charge is 0.483 e. The second kappa shape index (κ2) is 7.75. The van der Waals surface area contributed by atoms with E-state index in [1.54, 1.807) is 12.1 Å². The molecule has 0 aliphatic heterocycles. The van der Waals surface area contributed by atoms with Gasteiger partial charge in [-0.2, -0.15) is 5.10 Å². The van der Waals surface area contributed by atoms with Crippen molar-refractivity contribution in [2.24, 2.45) is 7.05 Å². The van der Waals surface area contributed by atoms with Crippen molar-refractivity contribution < 1.29 is 9.66 Å². The number of hydrogen-bond acceptors (Lipinski definition) is 7. The van der Waals surface area contributed by atoms with Gasteiger partial charge in [-0.25, -0.2) is 0 Å². The summed E-state index contributed by atoms with van der Waals surface area (Å²) >= 11 is 7.33. The molecule has 11 heteroatoms. The summed E-state index contributed by atoms with van der Waals surface area (Å²) in [5.41, 5.74) is -0.0483. The van der Waals surface area contributed by atoms with E-state index in [1.807, 2.05) is 30.7 Å². The molecule has 1 unspecified atom stereocenters. The Balaban J connectivity index is 1.65. The zero-order valence-corrected chi connectivity index (χ0v) is 15.5. The first-order valence-electron chi connectivity index (χ1n) is 7.55. The minimum absolute atomic E-state index is 0.0483. The van der Waals surface area contributed by atoms with E-state index in [4.69, 9.17) is 16.3 Å². The molecule has 0 spiro atoms. The van der Waals surface area contributed by atoms with Crippen LogP contribution in [0.2, 0.25) is 5.02 Å². The van der Waals surface area contributed by atoms with E-state index in [2.05, 4.69) is 15.3 Å². The maximum atomic E-state index is 10.7. The molecule has 1 atom stereocenters. The molecule has 0 amide bonds. The summed E-state index contributed by atoms with van der Waals surface area (Å²) in [6, 6.07) is 7.13. The summed E-state index contributed by atoms with van der Waals surface area (Å²) in [6.45, 7) is 1.87. The lowest BCUT2D eigenvalue weighted by atomic mass is 10.3. The highest BCUT2D eigenvalue weighted by Crippen LogP contribution is 2.26. The van der Waals surface area contributed by atoms with Gasteiger partial charge in [-0.1, -0.05) is 29.4 Å². The highest BCUT2D eigenvalue weighted by Gasteiger charge is 2.18. The van der Waals surface area contributed by atoms with E-state index in [-0.39, 0.29) is 11.8 Å². The van der Waals surface area contributed by atoms with Crippen LogP contribution in [0.3, 0.4) is 0 Å². The average Bonchev–Trinajstić information content (AvgIpc) is 3.20. The third-order valence-corrected chi connectivity index (χ3v) is 4.74. The van der Waals surface area contributed by atoms with Crippen LogP contribution in [0.4, 0.5) is 5.69 Å².